The molecule has 17 rings (SSSR count). The third-order valence-electron chi connectivity index (χ3n) is 28.1. The van der Waals surface area contributed by atoms with Crippen molar-refractivity contribution in [2.75, 3.05) is 0 Å². The number of alkyl halides is 2. The molecule has 8 bridgehead atoms. The van der Waals surface area contributed by atoms with E-state index in [1.54, 1.807) is 64.2 Å². The Balaban J connectivity index is 0.000000242. The molecular formula is C98H182F2. The molecule has 4 unspecified atom stereocenters. The average Bonchev–Trinajstić information content (AvgIpc) is 1.70. The van der Waals surface area contributed by atoms with Crippen LogP contribution in [0.2, 0.25) is 0 Å². The minimum Gasteiger partial charge on any atom is -0.207 e. The van der Waals surface area contributed by atoms with Crippen molar-refractivity contribution in [3.8, 4) is 0 Å². The molecule has 16 aliphatic carbocycles. The minimum absolute atomic E-state index is 0.0388. The minimum atomic E-state index is -2.46. The van der Waals surface area contributed by atoms with Crippen LogP contribution in [0, 0.1) is 135 Å². The summed E-state index contributed by atoms with van der Waals surface area (Å²) in [5, 5.41) is 0. The van der Waals surface area contributed by atoms with Gasteiger partial charge in [-0.05, 0) is 245 Å². The molecule has 588 valence electrons. The zero-order valence-electron chi connectivity index (χ0n) is 76.4. The maximum atomic E-state index is 11.5. The molecule has 2 heteroatoms. The fourth-order valence-electron chi connectivity index (χ4n) is 20.1. The largest absolute Gasteiger partial charge is 0.245 e. The highest BCUT2D eigenvalue weighted by atomic mass is 19.3. The summed E-state index contributed by atoms with van der Waals surface area (Å²) in [7, 11) is 0. The molecule has 16 fully saturated rings. The maximum absolute atomic E-state index is 11.5. The van der Waals surface area contributed by atoms with E-state index < -0.39 is 5.92 Å². The maximum Gasteiger partial charge on any atom is 0.245 e. The lowest BCUT2D eigenvalue weighted by Crippen LogP contribution is -2.44. The number of halogens is 2. The normalized spacial score (nSPS) is 37.6. The van der Waals surface area contributed by atoms with Gasteiger partial charge in [-0.3, -0.25) is 0 Å². The summed E-state index contributed by atoms with van der Waals surface area (Å²) in [5.74, 6) is 11.6. The van der Waals surface area contributed by atoms with Gasteiger partial charge in [-0.1, -0.05) is 366 Å². The Bertz CT molecular complexity index is 2220. The molecule has 0 heterocycles. The summed E-state index contributed by atoms with van der Waals surface area (Å²) in [6.45, 7) is 43.2. The summed E-state index contributed by atoms with van der Waals surface area (Å²) >= 11 is 0. The predicted octanol–water partition coefficient (Wildman–Crippen LogP) is 33.8. The van der Waals surface area contributed by atoms with Gasteiger partial charge >= 0.3 is 0 Å². The quantitative estimate of drug-likeness (QED) is 0.263. The molecule has 0 spiro atoms. The van der Waals surface area contributed by atoms with E-state index in [4.69, 9.17) is 6.85 Å². The number of fused-ring (bicyclic) bond motifs is 4. The Morgan fingerprint density at radius 1 is 0.350 bits per heavy atom. The molecule has 16 saturated carbocycles. The van der Waals surface area contributed by atoms with Gasteiger partial charge in [-0.2, -0.15) is 0 Å². The Morgan fingerprint density at radius 2 is 0.660 bits per heavy atom. The first kappa shape index (κ1) is 83.1. The summed E-state index contributed by atoms with van der Waals surface area (Å²) < 4.78 is 61.4. The Hall–Kier alpha value is -0.920. The molecule has 0 nitrogen and oxygen atoms in total. The number of hydrogen-bond acceptors (Lipinski definition) is 0. The molecule has 0 aromatic heterocycles. The summed E-state index contributed by atoms with van der Waals surface area (Å²) in [6.07, 6.45) is 66.3. The Labute approximate surface area is 635 Å². The highest BCUT2D eigenvalue weighted by Gasteiger charge is 2.48. The van der Waals surface area contributed by atoms with Gasteiger partial charge in [0.05, 0.1) is 0 Å². The second-order valence-electron chi connectivity index (χ2n) is 40.7. The van der Waals surface area contributed by atoms with E-state index in [0.717, 1.165) is 147 Å². The molecule has 6 atom stereocenters. The summed E-state index contributed by atoms with van der Waals surface area (Å²) in [4.78, 5) is 0. The van der Waals surface area contributed by atoms with Crippen molar-refractivity contribution in [2.45, 2.75) is 459 Å². The molecule has 0 aliphatic heterocycles. The van der Waals surface area contributed by atoms with Crippen LogP contribution in [-0.2, 0) is 0 Å². The van der Waals surface area contributed by atoms with E-state index in [9.17, 15) is 8.78 Å². The smallest absolute Gasteiger partial charge is 0.207 e. The van der Waals surface area contributed by atoms with E-state index in [1.807, 2.05) is 32.0 Å². The van der Waals surface area contributed by atoms with Crippen LogP contribution in [0.4, 0.5) is 8.78 Å². The van der Waals surface area contributed by atoms with Crippen LogP contribution in [-0.4, -0.2) is 5.92 Å². The molecule has 100 heavy (non-hydrogen) atoms. The van der Waals surface area contributed by atoms with E-state index in [2.05, 4.69) is 123 Å². The van der Waals surface area contributed by atoms with Crippen LogP contribution >= 0.6 is 0 Å². The van der Waals surface area contributed by atoms with Crippen molar-refractivity contribution in [2.24, 2.45) is 129 Å². The molecule has 0 radical (unpaired) electrons. The van der Waals surface area contributed by atoms with Crippen molar-refractivity contribution in [1.82, 2.24) is 0 Å². The summed E-state index contributed by atoms with van der Waals surface area (Å²) in [6, 6.07) is 10.3. The van der Waals surface area contributed by atoms with Crippen molar-refractivity contribution >= 4 is 0 Å². The Kier molecular flexibility index (Phi) is 40.9. The number of rotatable bonds is 1. The van der Waals surface area contributed by atoms with Crippen LogP contribution in [0.3, 0.4) is 0 Å². The molecule has 1 aromatic rings. The second-order valence-corrected chi connectivity index (χ2v) is 40.7. The fourth-order valence-corrected chi connectivity index (χ4v) is 20.1. The first-order chi connectivity index (χ1) is 48.8. The lowest BCUT2D eigenvalue weighted by atomic mass is 9.50. The number of benzene rings is 1. The lowest BCUT2D eigenvalue weighted by molar-refractivity contribution is -0.0411. The van der Waals surface area contributed by atoms with Crippen LogP contribution in [0.1, 0.15) is 459 Å². The highest BCUT2D eigenvalue weighted by molar-refractivity contribution is 5.11. The first-order valence-electron chi connectivity index (χ1n) is 47.2. The monoisotopic (exact) mass is 1400 g/mol. The van der Waals surface area contributed by atoms with Gasteiger partial charge in [0.25, 0.3) is 0 Å². The standard InChI is InChI=1S/C11H18.2C9H18.2C8H14.2C8H16.2C7H14.C7H8.2C6H12.C4H8F2/c1-11-5-8-2-9(6-11)4-10(3-8)7-11;2*1-8-4-6-9(2,3)7-5-8;2*1-6-4-7-2-3-8(6)5-7;2*1-7-3-5-8(2)6-4-7;3*1-7-5-3-2-4-6-7;2*1-6-4-2-3-5-6;1-3-4(2,5)6/h8-10H,2-7H2,1H3;2*8H,4-7H2,1-3H3;2*6-8H,2-5H2,1H3;2*7-8H,3-6H2,1-2H3;2*7H,2-6H2,1H3;2-6H,1H3;2*6H,2-5H2,1H3;3H2,1-2H3/t;;;2*6-,7?,8?;;;;;;;;/m...11......../s1/i;8D;;6D;;7D;;7D;;;6D;;. The van der Waals surface area contributed by atoms with Crippen molar-refractivity contribution in [3.05, 3.63) is 35.9 Å². The molecule has 0 amide bonds. The van der Waals surface area contributed by atoms with Crippen molar-refractivity contribution in [3.63, 3.8) is 0 Å². The van der Waals surface area contributed by atoms with E-state index in [-0.39, 0.29) is 35.9 Å². The Morgan fingerprint density at radius 3 is 0.870 bits per heavy atom. The number of aryl methyl sites for hydroxylation is 1. The van der Waals surface area contributed by atoms with Gasteiger partial charge in [-0.25, -0.2) is 8.78 Å². The predicted molar refractivity (Wildman–Crippen MR) is 444 cm³/mol. The van der Waals surface area contributed by atoms with Gasteiger partial charge in [-0.15, -0.1) is 0 Å². The SMILES string of the molecule is CC12CC3CC(CC(C3)C1)C2.CC1CCC(C)(C)CC1.CC1CCC(C)CC1.CC1CCCC1.CC1CCCCC1.CCC(C)(F)F.C[C@@H]1CC2CCC1C2.Cc1ccccc1.[2H]C1(C)CCC(C)(C)CC1.[2H]C1(C)CCC(C)CC1.[2H]C1(C)CCCC1.[2H]C1(C)CCCCC1.[2H][C@@]1(C)CC2CCC1C2. The molecule has 1 aromatic carbocycles. The molecular weight excluding hydrogens is 1220 g/mol. The van der Waals surface area contributed by atoms with Crippen LogP contribution in [0.25, 0.3) is 0 Å². The topological polar surface area (TPSA) is 0 Å². The third kappa shape index (κ3) is 42.6. The van der Waals surface area contributed by atoms with Crippen molar-refractivity contribution in [1.29, 1.82) is 0 Å². The summed E-state index contributed by atoms with van der Waals surface area (Å²) in [5.41, 5.74) is 3.30. The second kappa shape index (κ2) is 49.2. The van der Waals surface area contributed by atoms with Crippen LogP contribution in [0.5, 0.6) is 0 Å². The van der Waals surface area contributed by atoms with E-state index in [0.29, 0.717) is 10.8 Å². The van der Waals surface area contributed by atoms with Gasteiger partial charge in [0.15, 0.2) is 0 Å². The lowest BCUT2D eigenvalue weighted by Gasteiger charge is -2.55. The molecule has 0 saturated heterocycles. The first-order valence-corrected chi connectivity index (χ1v) is 44.7. The van der Waals surface area contributed by atoms with Gasteiger partial charge in [0.1, 0.15) is 0 Å². The van der Waals surface area contributed by atoms with Crippen molar-refractivity contribution < 1.29 is 15.6 Å². The average molecular weight is 1400 g/mol. The molecule has 0 N–H and O–H groups in total. The van der Waals surface area contributed by atoms with Crippen LogP contribution in [0.15, 0.2) is 30.3 Å². The number of hydrogen-bond donors (Lipinski definition) is 0. The third-order valence-corrected chi connectivity index (χ3v) is 28.1. The zero-order chi connectivity index (χ0) is 78.3. The van der Waals surface area contributed by atoms with Gasteiger partial charge in [0, 0.05) is 13.3 Å². The fraction of sp³-hybridized carbons (Fsp3) is 0.939. The van der Waals surface area contributed by atoms with Crippen LogP contribution < -0.4 is 0 Å². The van der Waals surface area contributed by atoms with Gasteiger partial charge in [0.2, 0.25) is 5.92 Å². The molecule has 16 aliphatic rings. The van der Waals surface area contributed by atoms with E-state index in [1.165, 1.54) is 205 Å². The van der Waals surface area contributed by atoms with Gasteiger partial charge < -0.3 is 0 Å². The highest BCUT2D eigenvalue weighted by Crippen LogP contribution is 2.60. The zero-order valence-corrected chi connectivity index (χ0v) is 71.4. The van der Waals surface area contributed by atoms with E-state index >= 15 is 0 Å².